The lowest BCUT2D eigenvalue weighted by atomic mass is 10.2. The average Bonchev–Trinajstić information content (AvgIpc) is 2.88. The van der Waals surface area contributed by atoms with Crippen molar-refractivity contribution in [2.45, 2.75) is 6.61 Å². The number of nitrogens with one attached hydrogen (secondary N) is 1. The smallest absolute Gasteiger partial charge is 0.337 e. The van der Waals surface area contributed by atoms with Crippen molar-refractivity contribution in [3.8, 4) is 5.75 Å². The zero-order valence-electron chi connectivity index (χ0n) is 10.5. The van der Waals surface area contributed by atoms with Gasteiger partial charge in [-0.1, -0.05) is 18.2 Å². The molecule has 0 spiro atoms. The molecule has 0 aliphatic carbocycles. The van der Waals surface area contributed by atoms with Crippen molar-refractivity contribution in [3.63, 3.8) is 0 Å². The van der Waals surface area contributed by atoms with E-state index >= 15 is 0 Å². The minimum atomic E-state index is -0.977. The normalized spacial score (nSPS) is 10.6. The fourth-order valence-electron chi connectivity index (χ4n) is 2.01. The van der Waals surface area contributed by atoms with E-state index < -0.39 is 5.97 Å². The second-order valence-corrected chi connectivity index (χ2v) is 4.32. The van der Waals surface area contributed by atoms with Crippen molar-refractivity contribution in [1.29, 1.82) is 0 Å². The lowest BCUT2D eigenvalue weighted by Gasteiger charge is -2.03. The summed E-state index contributed by atoms with van der Waals surface area (Å²) in [7, 11) is 0. The minimum Gasteiger partial charge on any atom is -0.487 e. The number of pyridine rings is 1. The average molecular weight is 268 g/mol. The first-order valence-corrected chi connectivity index (χ1v) is 6.12. The summed E-state index contributed by atoms with van der Waals surface area (Å²) in [6.45, 7) is 0.333. The molecule has 2 N–H and O–H groups in total. The summed E-state index contributed by atoms with van der Waals surface area (Å²) in [5, 5.41) is 9.12. The molecule has 2 heterocycles. The van der Waals surface area contributed by atoms with E-state index in [0.29, 0.717) is 17.6 Å². The van der Waals surface area contributed by atoms with E-state index in [1.807, 2.05) is 30.3 Å². The molecule has 0 aliphatic heterocycles. The molecule has 20 heavy (non-hydrogen) atoms. The van der Waals surface area contributed by atoms with Gasteiger partial charge in [0.2, 0.25) is 0 Å². The molecule has 0 saturated carbocycles. The molecule has 0 atom stereocenters. The summed E-state index contributed by atoms with van der Waals surface area (Å²) in [6.07, 6.45) is 1.49. The number of carboxylic acids is 1. The lowest BCUT2D eigenvalue weighted by molar-refractivity contribution is 0.0698. The van der Waals surface area contributed by atoms with E-state index in [1.165, 1.54) is 12.3 Å². The molecule has 0 radical (unpaired) electrons. The van der Waals surface area contributed by atoms with Gasteiger partial charge in [-0.3, -0.25) is 4.98 Å². The van der Waals surface area contributed by atoms with Gasteiger partial charge in [-0.15, -0.1) is 0 Å². The van der Waals surface area contributed by atoms with Crippen LogP contribution in [0.2, 0.25) is 0 Å². The molecule has 0 fully saturated rings. The molecule has 0 aliphatic rings. The van der Waals surface area contributed by atoms with E-state index in [2.05, 4.69) is 9.97 Å². The van der Waals surface area contributed by atoms with Gasteiger partial charge >= 0.3 is 5.97 Å². The molecule has 0 unspecified atom stereocenters. The van der Waals surface area contributed by atoms with Crippen LogP contribution in [0.4, 0.5) is 0 Å². The third-order valence-electron chi connectivity index (χ3n) is 2.94. The Morgan fingerprint density at radius 3 is 2.80 bits per heavy atom. The molecule has 5 heteroatoms. The quantitative estimate of drug-likeness (QED) is 0.763. The van der Waals surface area contributed by atoms with Crippen molar-refractivity contribution >= 4 is 17.0 Å². The van der Waals surface area contributed by atoms with Crippen LogP contribution < -0.4 is 4.74 Å². The highest BCUT2D eigenvalue weighted by molar-refractivity contribution is 6.00. The first kappa shape index (κ1) is 12.2. The number of hydrogen-bond donors (Lipinski definition) is 2. The van der Waals surface area contributed by atoms with Crippen molar-refractivity contribution in [3.05, 3.63) is 59.9 Å². The van der Waals surface area contributed by atoms with E-state index in [0.717, 1.165) is 11.4 Å². The number of benzene rings is 1. The fraction of sp³-hybridized carbons (Fsp3) is 0.0667. The maximum Gasteiger partial charge on any atom is 0.337 e. The van der Waals surface area contributed by atoms with E-state index in [1.54, 1.807) is 6.07 Å². The highest BCUT2D eigenvalue weighted by atomic mass is 16.5. The van der Waals surface area contributed by atoms with Gasteiger partial charge in [-0.25, -0.2) is 4.79 Å². The summed E-state index contributed by atoms with van der Waals surface area (Å²) in [5.74, 6) is -0.215. The molecule has 2 aromatic heterocycles. The number of carboxylic acid groups (broad SMARTS) is 1. The number of rotatable bonds is 4. The van der Waals surface area contributed by atoms with Crippen LogP contribution in [-0.2, 0) is 6.61 Å². The molecule has 0 amide bonds. The van der Waals surface area contributed by atoms with Gasteiger partial charge in [0.15, 0.2) is 0 Å². The molecule has 0 saturated heterocycles. The number of hydrogen-bond acceptors (Lipinski definition) is 3. The maximum absolute atomic E-state index is 11.1. The van der Waals surface area contributed by atoms with E-state index in [4.69, 9.17) is 9.84 Å². The number of para-hydroxylation sites is 1. The van der Waals surface area contributed by atoms with Gasteiger partial charge in [-0.2, -0.15) is 0 Å². The van der Waals surface area contributed by atoms with Crippen molar-refractivity contribution in [2.75, 3.05) is 0 Å². The van der Waals surface area contributed by atoms with Gasteiger partial charge in [0.1, 0.15) is 12.4 Å². The van der Waals surface area contributed by atoms with Crippen LogP contribution in [0.15, 0.2) is 48.7 Å². The summed E-state index contributed by atoms with van der Waals surface area (Å²) < 4.78 is 5.62. The largest absolute Gasteiger partial charge is 0.487 e. The van der Waals surface area contributed by atoms with Crippen LogP contribution >= 0.6 is 0 Å². The van der Waals surface area contributed by atoms with Crippen LogP contribution in [-0.4, -0.2) is 21.0 Å². The Morgan fingerprint density at radius 2 is 2.05 bits per heavy atom. The second kappa shape index (κ2) is 5.05. The van der Waals surface area contributed by atoms with Gasteiger partial charge in [0.25, 0.3) is 0 Å². The number of aromatic carboxylic acids is 1. The van der Waals surface area contributed by atoms with Crippen LogP contribution in [0.3, 0.4) is 0 Å². The number of aromatic nitrogens is 2. The second-order valence-electron chi connectivity index (χ2n) is 4.32. The summed E-state index contributed by atoms with van der Waals surface area (Å²) in [4.78, 5) is 18.3. The van der Waals surface area contributed by atoms with Crippen molar-refractivity contribution in [1.82, 2.24) is 9.97 Å². The lowest BCUT2D eigenvalue weighted by Crippen LogP contribution is -1.98. The van der Waals surface area contributed by atoms with Gasteiger partial charge in [0, 0.05) is 6.20 Å². The molecule has 1 aromatic carbocycles. The number of fused-ring (bicyclic) bond motifs is 1. The summed E-state index contributed by atoms with van der Waals surface area (Å²) >= 11 is 0. The SMILES string of the molecule is O=C(O)c1ccnc2cc(COc3ccccc3)[nH]c12. The Morgan fingerprint density at radius 1 is 1.25 bits per heavy atom. The van der Waals surface area contributed by atoms with Crippen LogP contribution in [0.5, 0.6) is 5.75 Å². The highest BCUT2D eigenvalue weighted by Crippen LogP contribution is 2.19. The van der Waals surface area contributed by atoms with E-state index in [9.17, 15) is 4.79 Å². The topological polar surface area (TPSA) is 75.2 Å². The first-order valence-electron chi connectivity index (χ1n) is 6.12. The highest BCUT2D eigenvalue weighted by Gasteiger charge is 2.11. The molecule has 3 rings (SSSR count). The summed E-state index contributed by atoms with van der Waals surface area (Å²) in [6, 6.07) is 12.7. The van der Waals surface area contributed by atoms with Crippen LogP contribution in [0.1, 0.15) is 16.1 Å². The Balaban J connectivity index is 1.86. The molecule has 5 nitrogen and oxygen atoms in total. The number of nitrogens with zero attached hydrogens (tertiary/aromatic N) is 1. The Labute approximate surface area is 114 Å². The predicted molar refractivity (Wildman–Crippen MR) is 73.8 cm³/mol. The molecule has 0 bridgehead atoms. The Kier molecular flexibility index (Phi) is 3.09. The third kappa shape index (κ3) is 2.33. The van der Waals surface area contributed by atoms with Crippen LogP contribution in [0, 0.1) is 0 Å². The van der Waals surface area contributed by atoms with Gasteiger partial charge in [0.05, 0.1) is 22.3 Å². The standard InChI is InChI=1S/C15H12N2O3/c18-15(19)12-6-7-16-13-8-10(17-14(12)13)9-20-11-4-2-1-3-5-11/h1-8,17H,9H2,(H,18,19). The molecular formula is C15H12N2O3. The predicted octanol–water partition coefficient (Wildman–Crippen LogP) is 2.84. The van der Waals surface area contributed by atoms with Crippen molar-refractivity contribution in [2.24, 2.45) is 0 Å². The molecule has 3 aromatic rings. The first-order chi connectivity index (χ1) is 9.74. The maximum atomic E-state index is 11.1. The number of ether oxygens (including phenoxy) is 1. The molecule has 100 valence electrons. The molecular weight excluding hydrogens is 256 g/mol. The fourth-order valence-corrected chi connectivity index (χ4v) is 2.01. The third-order valence-corrected chi connectivity index (χ3v) is 2.94. The van der Waals surface area contributed by atoms with Crippen LogP contribution in [0.25, 0.3) is 11.0 Å². The number of carbonyl (C=O) groups is 1. The van der Waals surface area contributed by atoms with Crippen molar-refractivity contribution < 1.29 is 14.6 Å². The minimum absolute atomic E-state index is 0.209. The number of H-pyrrole nitrogens is 1. The Hall–Kier alpha value is -2.82. The monoisotopic (exact) mass is 268 g/mol. The Bertz CT molecular complexity index is 750. The van der Waals surface area contributed by atoms with Gasteiger partial charge < -0.3 is 14.8 Å². The zero-order valence-corrected chi connectivity index (χ0v) is 10.5. The summed E-state index contributed by atoms with van der Waals surface area (Å²) in [5.41, 5.74) is 2.13. The van der Waals surface area contributed by atoms with E-state index in [-0.39, 0.29) is 5.56 Å². The zero-order chi connectivity index (χ0) is 13.9. The van der Waals surface area contributed by atoms with Gasteiger partial charge in [-0.05, 0) is 24.3 Å². The number of aromatic amines is 1.